The Hall–Kier alpha value is -2.37. The van der Waals surface area contributed by atoms with E-state index in [1.54, 1.807) is 23.3 Å². The molecule has 2 amide bonds. The predicted molar refractivity (Wildman–Crippen MR) is 66.5 cm³/mol. The van der Waals surface area contributed by atoms with Crippen molar-refractivity contribution in [3.8, 4) is 0 Å². The normalized spacial score (nSPS) is 10.1. The van der Waals surface area contributed by atoms with Gasteiger partial charge in [0.2, 0.25) is 0 Å². The van der Waals surface area contributed by atoms with Crippen LogP contribution < -0.4 is 10.6 Å². The van der Waals surface area contributed by atoms with Crippen molar-refractivity contribution in [2.75, 3.05) is 0 Å². The molecule has 0 atom stereocenters. The molecule has 2 rings (SSSR count). The molecular formula is C12H15N5O. The molecule has 0 unspecified atom stereocenters. The number of amides is 2. The lowest BCUT2D eigenvalue weighted by Gasteiger charge is -2.06. The van der Waals surface area contributed by atoms with Gasteiger partial charge in [-0.1, -0.05) is 0 Å². The van der Waals surface area contributed by atoms with Crippen LogP contribution in [0.15, 0.2) is 36.9 Å². The fraction of sp³-hybridized carbons (Fsp3) is 0.250. The van der Waals surface area contributed by atoms with Crippen LogP contribution in [-0.2, 0) is 20.1 Å². The van der Waals surface area contributed by atoms with Crippen LogP contribution in [0.5, 0.6) is 0 Å². The summed E-state index contributed by atoms with van der Waals surface area (Å²) in [7, 11) is 1.84. The van der Waals surface area contributed by atoms with E-state index in [0.717, 1.165) is 11.1 Å². The number of aryl methyl sites for hydroxylation is 1. The van der Waals surface area contributed by atoms with E-state index in [1.165, 1.54) is 0 Å². The van der Waals surface area contributed by atoms with Crippen LogP contribution in [-0.4, -0.2) is 20.8 Å². The molecule has 2 aromatic heterocycles. The van der Waals surface area contributed by atoms with Gasteiger partial charge in [-0.05, 0) is 17.7 Å². The third-order valence-electron chi connectivity index (χ3n) is 2.41. The van der Waals surface area contributed by atoms with Gasteiger partial charge in [0.25, 0.3) is 0 Å². The third-order valence-corrected chi connectivity index (χ3v) is 2.41. The Morgan fingerprint density at radius 3 is 2.50 bits per heavy atom. The molecule has 0 spiro atoms. The highest BCUT2D eigenvalue weighted by molar-refractivity contribution is 5.73. The summed E-state index contributed by atoms with van der Waals surface area (Å²) in [6.45, 7) is 0.956. The maximum absolute atomic E-state index is 11.5. The van der Waals surface area contributed by atoms with Crippen LogP contribution in [0, 0.1) is 0 Å². The van der Waals surface area contributed by atoms with Gasteiger partial charge in [0, 0.05) is 44.3 Å². The van der Waals surface area contributed by atoms with E-state index in [9.17, 15) is 4.79 Å². The Kier molecular flexibility index (Phi) is 3.90. The number of nitrogens with one attached hydrogen (secondary N) is 2. The van der Waals surface area contributed by atoms with Crippen molar-refractivity contribution in [1.82, 2.24) is 25.4 Å². The molecule has 0 saturated carbocycles. The van der Waals surface area contributed by atoms with Crippen LogP contribution in [0.25, 0.3) is 0 Å². The van der Waals surface area contributed by atoms with E-state index in [4.69, 9.17) is 0 Å². The molecule has 0 aliphatic heterocycles. The Bertz CT molecular complexity index is 508. The molecule has 0 saturated heterocycles. The first-order chi connectivity index (χ1) is 8.74. The van der Waals surface area contributed by atoms with E-state index >= 15 is 0 Å². The summed E-state index contributed by atoms with van der Waals surface area (Å²) in [6, 6.07) is 3.53. The van der Waals surface area contributed by atoms with E-state index in [-0.39, 0.29) is 6.03 Å². The lowest BCUT2D eigenvalue weighted by molar-refractivity contribution is 0.240. The minimum Gasteiger partial charge on any atom is -0.334 e. The van der Waals surface area contributed by atoms with Crippen molar-refractivity contribution >= 4 is 6.03 Å². The van der Waals surface area contributed by atoms with Crippen LogP contribution in [0.3, 0.4) is 0 Å². The second kappa shape index (κ2) is 5.81. The van der Waals surface area contributed by atoms with Crippen molar-refractivity contribution in [3.05, 3.63) is 48.0 Å². The monoisotopic (exact) mass is 245 g/mol. The van der Waals surface area contributed by atoms with Gasteiger partial charge in [0.15, 0.2) is 0 Å². The molecule has 6 nitrogen and oxygen atoms in total. The zero-order chi connectivity index (χ0) is 12.8. The minimum atomic E-state index is -0.198. The lowest BCUT2D eigenvalue weighted by atomic mass is 10.3. The number of urea groups is 1. The van der Waals surface area contributed by atoms with Crippen LogP contribution in [0.4, 0.5) is 4.79 Å². The molecule has 0 aromatic carbocycles. The maximum Gasteiger partial charge on any atom is 0.315 e. The highest BCUT2D eigenvalue weighted by Gasteiger charge is 2.01. The number of hydrogen-bond donors (Lipinski definition) is 2. The van der Waals surface area contributed by atoms with Gasteiger partial charge in [-0.15, -0.1) is 0 Å². The summed E-state index contributed by atoms with van der Waals surface area (Å²) in [6.07, 6.45) is 6.99. The van der Waals surface area contributed by atoms with Gasteiger partial charge >= 0.3 is 6.03 Å². The highest BCUT2D eigenvalue weighted by atomic mass is 16.2. The summed E-state index contributed by atoms with van der Waals surface area (Å²) in [5, 5.41) is 9.56. The first-order valence-corrected chi connectivity index (χ1v) is 5.62. The van der Waals surface area contributed by atoms with Gasteiger partial charge in [0.05, 0.1) is 6.20 Å². The molecule has 0 aliphatic rings. The largest absolute Gasteiger partial charge is 0.334 e. The number of hydrogen-bond acceptors (Lipinski definition) is 3. The van der Waals surface area contributed by atoms with Crippen molar-refractivity contribution < 1.29 is 4.79 Å². The molecule has 0 radical (unpaired) electrons. The molecule has 6 heteroatoms. The second-order valence-corrected chi connectivity index (χ2v) is 3.91. The Morgan fingerprint density at radius 2 is 1.89 bits per heavy atom. The highest BCUT2D eigenvalue weighted by Crippen LogP contribution is 1.96. The van der Waals surface area contributed by atoms with Crippen molar-refractivity contribution in [3.63, 3.8) is 0 Å². The number of aromatic nitrogens is 3. The molecule has 0 fully saturated rings. The number of nitrogens with zero attached hydrogens (tertiary/aromatic N) is 3. The van der Waals surface area contributed by atoms with Gasteiger partial charge in [-0.2, -0.15) is 5.10 Å². The molecule has 18 heavy (non-hydrogen) atoms. The summed E-state index contributed by atoms with van der Waals surface area (Å²) in [4.78, 5) is 15.4. The Balaban J connectivity index is 1.73. The number of pyridine rings is 1. The molecule has 0 aliphatic carbocycles. The zero-order valence-electron chi connectivity index (χ0n) is 10.1. The average molecular weight is 245 g/mol. The Morgan fingerprint density at radius 1 is 1.22 bits per heavy atom. The lowest BCUT2D eigenvalue weighted by Crippen LogP contribution is -2.34. The molecule has 2 heterocycles. The Labute approximate surface area is 105 Å². The fourth-order valence-electron chi connectivity index (χ4n) is 1.49. The number of rotatable bonds is 4. The van der Waals surface area contributed by atoms with Gasteiger partial charge in [-0.3, -0.25) is 9.67 Å². The predicted octanol–water partition coefficient (Wildman–Crippen LogP) is 0.814. The molecule has 2 aromatic rings. The first-order valence-electron chi connectivity index (χ1n) is 5.62. The van der Waals surface area contributed by atoms with Gasteiger partial charge < -0.3 is 10.6 Å². The SMILES string of the molecule is Cn1cc(CNC(=O)NCc2ccncc2)cn1. The quantitative estimate of drug-likeness (QED) is 0.837. The van der Waals surface area contributed by atoms with Crippen LogP contribution in [0.2, 0.25) is 0 Å². The van der Waals surface area contributed by atoms with E-state index in [0.29, 0.717) is 13.1 Å². The second-order valence-electron chi connectivity index (χ2n) is 3.91. The number of carbonyl (C=O) groups excluding carboxylic acids is 1. The molecule has 0 bridgehead atoms. The van der Waals surface area contributed by atoms with Crippen LogP contribution in [0.1, 0.15) is 11.1 Å². The minimum absolute atomic E-state index is 0.198. The van der Waals surface area contributed by atoms with Gasteiger partial charge in [-0.25, -0.2) is 4.79 Å². The van der Waals surface area contributed by atoms with Crippen LogP contribution >= 0.6 is 0 Å². The topological polar surface area (TPSA) is 71.8 Å². The molecular weight excluding hydrogens is 230 g/mol. The van der Waals surface area contributed by atoms with E-state index in [1.807, 2.05) is 25.4 Å². The van der Waals surface area contributed by atoms with Crippen molar-refractivity contribution in [2.24, 2.45) is 7.05 Å². The van der Waals surface area contributed by atoms with Gasteiger partial charge in [0.1, 0.15) is 0 Å². The third kappa shape index (κ3) is 3.58. The summed E-state index contributed by atoms with van der Waals surface area (Å²) >= 11 is 0. The summed E-state index contributed by atoms with van der Waals surface area (Å²) in [5.41, 5.74) is 1.98. The maximum atomic E-state index is 11.5. The summed E-state index contributed by atoms with van der Waals surface area (Å²) < 4.78 is 1.70. The smallest absolute Gasteiger partial charge is 0.315 e. The van der Waals surface area contributed by atoms with Crippen molar-refractivity contribution in [2.45, 2.75) is 13.1 Å². The average Bonchev–Trinajstić information content (AvgIpc) is 2.81. The molecule has 94 valence electrons. The first kappa shape index (κ1) is 12.1. The number of carbonyl (C=O) groups is 1. The van der Waals surface area contributed by atoms with E-state index in [2.05, 4.69) is 20.7 Å². The zero-order valence-corrected chi connectivity index (χ0v) is 10.1. The fourth-order valence-corrected chi connectivity index (χ4v) is 1.49. The molecule has 2 N–H and O–H groups in total. The standard InChI is InChI=1S/C12H15N5O/c1-17-9-11(8-16-17)7-15-12(18)14-6-10-2-4-13-5-3-10/h2-5,8-9H,6-7H2,1H3,(H2,14,15,18). The summed E-state index contributed by atoms with van der Waals surface area (Å²) in [5.74, 6) is 0. The van der Waals surface area contributed by atoms with E-state index < -0.39 is 0 Å². The van der Waals surface area contributed by atoms with Crippen molar-refractivity contribution in [1.29, 1.82) is 0 Å².